The van der Waals surface area contributed by atoms with Crippen LogP contribution >= 0.6 is 9.24 Å². The van der Waals surface area contributed by atoms with E-state index < -0.39 is 11.6 Å². The number of halogens is 2. The third kappa shape index (κ3) is 3.83. The number of benzene rings is 1. The second-order valence-electron chi connectivity index (χ2n) is 4.38. The van der Waals surface area contributed by atoms with Gasteiger partial charge in [0.1, 0.15) is 11.6 Å². The summed E-state index contributed by atoms with van der Waals surface area (Å²) in [6, 6.07) is 7.62. The van der Waals surface area contributed by atoms with Crippen LogP contribution in [0, 0.1) is 11.6 Å². The Morgan fingerprint density at radius 1 is 1.20 bits per heavy atom. The van der Waals surface area contributed by atoms with Gasteiger partial charge in [-0.15, -0.1) is 9.24 Å². The van der Waals surface area contributed by atoms with Crippen LogP contribution in [0.2, 0.25) is 0 Å². The number of hydrogen-bond donors (Lipinski definition) is 0. The molecule has 0 spiro atoms. The van der Waals surface area contributed by atoms with Crippen molar-refractivity contribution >= 4 is 9.24 Å². The zero-order valence-electron chi connectivity index (χ0n) is 12.0. The summed E-state index contributed by atoms with van der Waals surface area (Å²) in [5.74, 6) is -1.00. The second kappa shape index (κ2) is 8.06. The maximum atomic E-state index is 14.0. The molecule has 0 aliphatic heterocycles. The Kier molecular flexibility index (Phi) is 6.74. The maximum Gasteiger partial charge on any atom is 0.135 e. The average molecular weight is 295 g/mol. The molecule has 2 atom stereocenters. The Balaban J connectivity index is 0.000000956. The first-order valence-electron chi connectivity index (χ1n) is 6.61. The van der Waals surface area contributed by atoms with E-state index in [0.29, 0.717) is 16.8 Å². The molecule has 0 saturated heterocycles. The number of aromatic nitrogens is 1. The van der Waals surface area contributed by atoms with Crippen molar-refractivity contribution in [1.29, 1.82) is 0 Å². The molecular weight excluding hydrogens is 275 g/mol. The third-order valence-electron chi connectivity index (χ3n) is 3.15. The van der Waals surface area contributed by atoms with E-state index in [-0.39, 0.29) is 5.92 Å². The van der Waals surface area contributed by atoms with Crippen molar-refractivity contribution in [2.45, 2.75) is 26.2 Å². The minimum Gasteiger partial charge on any atom is -0.256 e. The first-order valence-corrected chi connectivity index (χ1v) is 7.77. The standard InChI is InChI=1S/C15H15F2N.CH5P/c1-3-10(2)12-8-11(16)9-13(17)15(12)14-6-4-5-7-18-14;1-2/h4-10H,3H2,1-2H3;2H2,1H3. The fraction of sp³-hybridized carbons (Fsp3) is 0.312. The fourth-order valence-electron chi connectivity index (χ4n) is 1.98. The smallest absolute Gasteiger partial charge is 0.135 e. The molecule has 0 saturated carbocycles. The SMILES string of the molecule is CCC(C)c1cc(F)cc(F)c1-c1ccccn1.CP. The molecule has 2 unspecified atom stereocenters. The molecule has 1 nitrogen and oxygen atoms in total. The Labute approximate surface area is 121 Å². The monoisotopic (exact) mass is 295 g/mol. The molecule has 0 bridgehead atoms. The molecule has 4 heteroatoms. The minimum atomic E-state index is -0.552. The molecular formula is C16H20F2NP. The highest BCUT2D eigenvalue weighted by atomic mass is 31.0. The van der Waals surface area contributed by atoms with Gasteiger partial charge in [-0.05, 0) is 36.1 Å². The van der Waals surface area contributed by atoms with Crippen LogP contribution in [0.5, 0.6) is 0 Å². The Morgan fingerprint density at radius 3 is 2.45 bits per heavy atom. The van der Waals surface area contributed by atoms with Crippen molar-refractivity contribution in [1.82, 2.24) is 4.98 Å². The van der Waals surface area contributed by atoms with Crippen molar-refractivity contribution in [3.05, 3.63) is 53.7 Å². The van der Waals surface area contributed by atoms with E-state index in [0.717, 1.165) is 12.5 Å². The summed E-state index contributed by atoms with van der Waals surface area (Å²) >= 11 is 0. The highest BCUT2D eigenvalue weighted by Crippen LogP contribution is 2.32. The largest absolute Gasteiger partial charge is 0.256 e. The minimum absolute atomic E-state index is 0.0900. The van der Waals surface area contributed by atoms with Crippen LogP contribution in [0.25, 0.3) is 11.3 Å². The fourth-order valence-corrected chi connectivity index (χ4v) is 1.98. The summed E-state index contributed by atoms with van der Waals surface area (Å²) in [6.45, 7) is 5.87. The van der Waals surface area contributed by atoms with Crippen molar-refractivity contribution in [3.63, 3.8) is 0 Å². The van der Waals surface area contributed by atoms with E-state index in [1.807, 2.05) is 20.5 Å². The molecule has 0 aliphatic rings. The zero-order valence-corrected chi connectivity index (χ0v) is 13.2. The predicted molar refractivity (Wildman–Crippen MR) is 83.9 cm³/mol. The van der Waals surface area contributed by atoms with E-state index in [9.17, 15) is 8.78 Å². The summed E-state index contributed by atoms with van der Waals surface area (Å²) in [5.41, 5.74) is 1.63. The van der Waals surface area contributed by atoms with Crippen molar-refractivity contribution in [2.75, 3.05) is 6.66 Å². The first-order chi connectivity index (χ1) is 9.63. The highest BCUT2D eigenvalue weighted by molar-refractivity contribution is 7.15. The lowest BCUT2D eigenvalue weighted by molar-refractivity contribution is 0.576. The number of pyridine rings is 1. The van der Waals surface area contributed by atoms with E-state index >= 15 is 0 Å². The first kappa shape index (κ1) is 16.7. The van der Waals surface area contributed by atoms with Gasteiger partial charge in [-0.2, -0.15) is 0 Å². The van der Waals surface area contributed by atoms with Crippen molar-refractivity contribution in [3.8, 4) is 11.3 Å². The van der Waals surface area contributed by atoms with Gasteiger partial charge in [0.15, 0.2) is 0 Å². The van der Waals surface area contributed by atoms with Crippen LogP contribution in [0.4, 0.5) is 8.78 Å². The van der Waals surface area contributed by atoms with Gasteiger partial charge < -0.3 is 0 Å². The van der Waals surface area contributed by atoms with Gasteiger partial charge >= 0.3 is 0 Å². The third-order valence-corrected chi connectivity index (χ3v) is 3.15. The summed E-state index contributed by atoms with van der Waals surface area (Å²) in [4.78, 5) is 4.15. The molecule has 0 aliphatic carbocycles. The summed E-state index contributed by atoms with van der Waals surface area (Å²) in [7, 11) is 2.42. The van der Waals surface area contributed by atoms with Gasteiger partial charge in [-0.25, -0.2) is 8.78 Å². The second-order valence-corrected chi connectivity index (χ2v) is 4.38. The summed E-state index contributed by atoms with van der Waals surface area (Å²) < 4.78 is 27.4. The van der Waals surface area contributed by atoms with E-state index in [2.05, 4.69) is 14.2 Å². The number of hydrogen-bond acceptors (Lipinski definition) is 1. The van der Waals surface area contributed by atoms with E-state index in [4.69, 9.17) is 0 Å². The Morgan fingerprint density at radius 2 is 1.90 bits per heavy atom. The van der Waals surface area contributed by atoms with Crippen molar-refractivity contribution in [2.24, 2.45) is 0 Å². The molecule has 0 radical (unpaired) electrons. The molecule has 20 heavy (non-hydrogen) atoms. The van der Waals surface area contributed by atoms with Crippen LogP contribution in [-0.4, -0.2) is 11.6 Å². The van der Waals surface area contributed by atoms with Gasteiger partial charge in [0, 0.05) is 17.8 Å². The van der Waals surface area contributed by atoms with Gasteiger partial charge in [-0.3, -0.25) is 4.98 Å². The van der Waals surface area contributed by atoms with Crippen molar-refractivity contribution < 1.29 is 8.78 Å². The molecule has 2 rings (SSSR count). The predicted octanol–water partition coefficient (Wildman–Crippen LogP) is 5.03. The zero-order chi connectivity index (χ0) is 15.1. The lowest BCUT2D eigenvalue weighted by atomic mass is 9.91. The molecule has 1 heterocycles. The maximum absolute atomic E-state index is 14.0. The van der Waals surface area contributed by atoms with Crippen LogP contribution < -0.4 is 0 Å². The number of rotatable bonds is 3. The molecule has 108 valence electrons. The number of nitrogens with zero attached hydrogens (tertiary/aromatic N) is 1. The van der Waals surface area contributed by atoms with Crippen LogP contribution in [0.1, 0.15) is 31.7 Å². The Bertz CT molecular complexity index is 544. The van der Waals surface area contributed by atoms with Crippen LogP contribution in [0.3, 0.4) is 0 Å². The van der Waals surface area contributed by atoms with Gasteiger partial charge in [0.2, 0.25) is 0 Å². The Hall–Kier alpha value is -1.34. The molecule has 2 aromatic rings. The normalized spacial score (nSPS) is 11.5. The van der Waals surface area contributed by atoms with Gasteiger partial charge in [-0.1, -0.05) is 26.6 Å². The lowest BCUT2D eigenvalue weighted by Crippen LogP contribution is -2.01. The van der Waals surface area contributed by atoms with E-state index in [1.165, 1.54) is 6.07 Å². The lowest BCUT2D eigenvalue weighted by Gasteiger charge is -2.15. The van der Waals surface area contributed by atoms with Crippen LogP contribution in [-0.2, 0) is 0 Å². The molecule has 1 aromatic carbocycles. The molecule has 0 fully saturated rings. The quantitative estimate of drug-likeness (QED) is 0.724. The van der Waals surface area contributed by atoms with Gasteiger partial charge in [0.05, 0.1) is 5.69 Å². The van der Waals surface area contributed by atoms with E-state index in [1.54, 1.807) is 24.4 Å². The topological polar surface area (TPSA) is 12.9 Å². The summed E-state index contributed by atoms with van der Waals surface area (Å²) in [5, 5.41) is 0. The average Bonchev–Trinajstić information content (AvgIpc) is 2.48. The highest BCUT2D eigenvalue weighted by Gasteiger charge is 2.17. The molecule has 0 N–H and O–H groups in total. The summed E-state index contributed by atoms with van der Waals surface area (Å²) in [6.07, 6.45) is 2.43. The molecule has 1 aromatic heterocycles. The van der Waals surface area contributed by atoms with Crippen LogP contribution in [0.15, 0.2) is 36.5 Å². The molecule has 0 amide bonds. The van der Waals surface area contributed by atoms with Gasteiger partial charge in [0.25, 0.3) is 0 Å².